The number of carboxylic acid groups (broad SMARTS) is 1. The van der Waals surface area contributed by atoms with Crippen LogP contribution in [0.1, 0.15) is 12.0 Å². The van der Waals surface area contributed by atoms with Gasteiger partial charge in [0.25, 0.3) is 0 Å². The van der Waals surface area contributed by atoms with Gasteiger partial charge in [0.05, 0.1) is 18.2 Å². The fraction of sp³-hybridized carbons (Fsp3) is 0.467. The Morgan fingerprint density at radius 1 is 1.32 bits per heavy atom. The lowest BCUT2D eigenvalue weighted by Gasteiger charge is -2.20. The van der Waals surface area contributed by atoms with E-state index < -0.39 is 5.97 Å². The zero-order valence-corrected chi connectivity index (χ0v) is 14.3. The zero-order chi connectivity index (χ0) is 16.5. The first kappa shape index (κ1) is 18.4. The van der Waals surface area contributed by atoms with E-state index >= 15 is 0 Å². The Labute approximate surface area is 138 Å². The highest BCUT2D eigenvalue weighted by atomic mass is 79.9. The number of aliphatic carboxylic acids is 1. The molecule has 1 aromatic rings. The lowest BCUT2D eigenvalue weighted by atomic mass is 10.1. The number of carboxylic acids is 1. The molecule has 0 aromatic heterocycles. The molecule has 6 nitrogen and oxygen atoms in total. The van der Waals surface area contributed by atoms with Crippen LogP contribution in [0, 0.1) is 0 Å². The predicted octanol–water partition coefficient (Wildman–Crippen LogP) is 1.95. The molecule has 0 spiro atoms. The van der Waals surface area contributed by atoms with Gasteiger partial charge in [0, 0.05) is 20.1 Å². The van der Waals surface area contributed by atoms with Gasteiger partial charge in [0.1, 0.15) is 12.3 Å². The molecule has 0 fully saturated rings. The second-order valence-electron chi connectivity index (χ2n) is 4.67. The van der Waals surface area contributed by atoms with E-state index in [1.807, 2.05) is 18.2 Å². The third kappa shape index (κ3) is 6.03. The van der Waals surface area contributed by atoms with Crippen molar-refractivity contribution >= 4 is 27.8 Å². The summed E-state index contributed by atoms with van der Waals surface area (Å²) >= 11 is 3.40. The molecule has 0 aliphatic rings. The van der Waals surface area contributed by atoms with E-state index in [-0.39, 0.29) is 25.4 Å². The third-order valence-electron chi connectivity index (χ3n) is 3.09. The van der Waals surface area contributed by atoms with Crippen LogP contribution < -0.4 is 4.74 Å². The van der Waals surface area contributed by atoms with Crippen LogP contribution in [-0.4, -0.2) is 55.8 Å². The van der Waals surface area contributed by atoms with Crippen molar-refractivity contribution in [2.75, 3.05) is 33.9 Å². The molecular weight excluding hydrogens is 354 g/mol. The number of hydrogen-bond donors (Lipinski definition) is 1. The van der Waals surface area contributed by atoms with Gasteiger partial charge < -0.3 is 19.5 Å². The Kier molecular flexibility index (Phi) is 7.90. The summed E-state index contributed by atoms with van der Waals surface area (Å²) in [6.07, 6.45) is 0.778. The number of aryl methyl sites for hydroxylation is 1. The molecule has 22 heavy (non-hydrogen) atoms. The lowest BCUT2D eigenvalue weighted by molar-refractivity contribution is -0.144. The van der Waals surface area contributed by atoms with Crippen molar-refractivity contribution in [1.82, 2.24) is 4.90 Å². The Balaban J connectivity index is 2.61. The Morgan fingerprint density at radius 3 is 2.59 bits per heavy atom. The van der Waals surface area contributed by atoms with Crippen LogP contribution in [0.15, 0.2) is 22.7 Å². The highest BCUT2D eigenvalue weighted by molar-refractivity contribution is 9.10. The van der Waals surface area contributed by atoms with Crippen molar-refractivity contribution in [3.8, 4) is 5.75 Å². The zero-order valence-electron chi connectivity index (χ0n) is 12.7. The maximum Gasteiger partial charge on any atom is 0.323 e. The van der Waals surface area contributed by atoms with Gasteiger partial charge in [-0.15, -0.1) is 0 Å². The molecule has 0 atom stereocenters. The second kappa shape index (κ2) is 9.42. The molecule has 0 bridgehead atoms. The average Bonchev–Trinajstić information content (AvgIpc) is 2.48. The van der Waals surface area contributed by atoms with E-state index in [0.717, 1.165) is 15.8 Å². The summed E-state index contributed by atoms with van der Waals surface area (Å²) in [5.74, 6) is -0.509. The van der Waals surface area contributed by atoms with E-state index in [1.54, 1.807) is 7.11 Å². The van der Waals surface area contributed by atoms with Crippen LogP contribution in [0.2, 0.25) is 0 Å². The molecule has 0 unspecified atom stereocenters. The van der Waals surface area contributed by atoms with Crippen LogP contribution in [-0.2, 0) is 20.7 Å². The Hall–Kier alpha value is -1.60. The van der Waals surface area contributed by atoms with E-state index in [4.69, 9.17) is 14.6 Å². The first-order chi connectivity index (χ1) is 10.5. The summed E-state index contributed by atoms with van der Waals surface area (Å²) in [6.45, 7) is 0.273. The highest BCUT2D eigenvalue weighted by Crippen LogP contribution is 2.26. The van der Waals surface area contributed by atoms with Crippen molar-refractivity contribution in [2.45, 2.75) is 12.8 Å². The van der Waals surface area contributed by atoms with E-state index in [0.29, 0.717) is 13.0 Å². The standard InChI is InChI=1S/C15H20BrNO5/c1-21-8-7-17(10-15(19)20)14(18)6-4-11-3-5-13(22-2)12(16)9-11/h3,5,9H,4,6-8,10H2,1-2H3,(H,19,20). The summed E-state index contributed by atoms with van der Waals surface area (Å²) in [6, 6.07) is 5.60. The van der Waals surface area contributed by atoms with Crippen LogP contribution in [0.5, 0.6) is 5.75 Å². The molecule has 0 saturated carbocycles. The minimum absolute atomic E-state index is 0.202. The molecule has 0 heterocycles. The number of nitrogens with zero attached hydrogens (tertiary/aromatic N) is 1. The van der Waals surface area contributed by atoms with Crippen LogP contribution in [0.3, 0.4) is 0 Å². The molecule has 1 amide bonds. The first-order valence-electron chi connectivity index (χ1n) is 6.78. The smallest absolute Gasteiger partial charge is 0.323 e. The monoisotopic (exact) mass is 373 g/mol. The van der Waals surface area contributed by atoms with E-state index in [1.165, 1.54) is 12.0 Å². The number of halogens is 1. The predicted molar refractivity (Wildman–Crippen MR) is 85.1 cm³/mol. The van der Waals surface area contributed by atoms with Gasteiger partial charge >= 0.3 is 5.97 Å². The molecule has 0 saturated heterocycles. The highest BCUT2D eigenvalue weighted by Gasteiger charge is 2.16. The quantitative estimate of drug-likeness (QED) is 0.715. The third-order valence-corrected chi connectivity index (χ3v) is 3.71. The molecule has 1 aromatic carbocycles. The fourth-order valence-electron chi connectivity index (χ4n) is 1.93. The number of carbonyl (C=O) groups excluding carboxylic acids is 1. The molecule has 0 radical (unpaired) electrons. The number of methoxy groups -OCH3 is 2. The van der Waals surface area contributed by atoms with Crippen molar-refractivity contribution in [3.05, 3.63) is 28.2 Å². The van der Waals surface area contributed by atoms with Crippen LogP contribution in [0.25, 0.3) is 0 Å². The molecule has 7 heteroatoms. The van der Waals surface area contributed by atoms with E-state index in [2.05, 4.69) is 15.9 Å². The Morgan fingerprint density at radius 2 is 2.05 bits per heavy atom. The molecule has 1 N–H and O–H groups in total. The first-order valence-corrected chi connectivity index (χ1v) is 7.58. The summed E-state index contributed by atoms with van der Waals surface area (Å²) in [7, 11) is 3.10. The van der Waals surface area contributed by atoms with Crippen molar-refractivity contribution < 1.29 is 24.2 Å². The second-order valence-corrected chi connectivity index (χ2v) is 5.53. The number of hydrogen-bond acceptors (Lipinski definition) is 4. The summed E-state index contributed by atoms with van der Waals surface area (Å²) in [4.78, 5) is 24.2. The molecule has 0 aliphatic heterocycles. The minimum Gasteiger partial charge on any atom is -0.496 e. The SMILES string of the molecule is COCCN(CC(=O)O)C(=O)CCc1ccc(OC)c(Br)c1. The van der Waals surface area contributed by atoms with Crippen molar-refractivity contribution in [1.29, 1.82) is 0 Å². The maximum atomic E-state index is 12.1. The summed E-state index contributed by atoms with van der Waals surface area (Å²) < 4.78 is 10.9. The van der Waals surface area contributed by atoms with Gasteiger partial charge in [0.15, 0.2) is 0 Å². The van der Waals surface area contributed by atoms with Gasteiger partial charge in [-0.2, -0.15) is 0 Å². The number of carbonyl (C=O) groups is 2. The largest absolute Gasteiger partial charge is 0.496 e. The van der Waals surface area contributed by atoms with Crippen molar-refractivity contribution in [3.63, 3.8) is 0 Å². The number of benzene rings is 1. The fourth-order valence-corrected chi connectivity index (χ4v) is 2.52. The summed E-state index contributed by atoms with van der Waals surface area (Å²) in [5.41, 5.74) is 0.975. The minimum atomic E-state index is -1.03. The van der Waals surface area contributed by atoms with Crippen LogP contribution >= 0.6 is 15.9 Å². The average molecular weight is 374 g/mol. The Bertz CT molecular complexity index is 521. The van der Waals surface area contributed by atoms with E-state index in [9.17, 15) is 9.59 Å². The molecular formula is C15H20BrNO5. The van der Waals surface area contributed by atoms with Gasteiger partial charge in [-0.05, 0) is 40.0 Å². The summed E-state index contributed by atoms with van der Waals surface area (Å²) in [5, 5.41) is 8.86. The van der Waals surface area contributed by atoms with Crippen LogP contribution in [0.4, 0.5) is 0 Å². The van der Waals surface area contributed by atoms with Crippen molar-refractivity contribution in [2.24, 2.45) is 0 Å². The normalized spacial score (nSPS) is 10.3. The number of rotatable bonds is 9. The molecule has 0 aliphatic carbocycles. The number of ether oxygens (including phenoxy) is 2. The molecule has 1 rings (SSSR count). The molecule has 122 valence electrons. The number of amides is 1. The topological polar surface area (TPSA) is 76.1 Å². The maximum absolute atomic E-state index is 12.1. The van der Waals surface area contributed by atoms with Gasteiger partial charge in [-0.1, -0.05) is 6.07 Å². The lowest BCUT2D eigenvalue weighted by Crippen LogP contribution is -2.38. The van der Waals surface area contributed by atoms with Gasteiger partial charge in [0.2, 0.25) is 5.91 Å². The van der Waals surface area contributed by atoms with Gasteiger partial charge in [-0.25, -0.2) is 0 Å². The van der Waals surface area contributed by atoms with Gasteiger partial charge in [-0.3, -0.25) is 9.59 Å².